The van der Waals surface area contributed by atoms with Crippen molar-refractivity contribution in [3.05, 3.63) is 10.9 Å². The molecule has 84 valence electrons. The molecule has 0 atom stereocenters. The van der Waals surface area contributed by atoms with E-state index in [1.54, 1.807) is 23.3 Å². The molecule has 2 rings (SSSR count). The van der Waals surface area contributed by atoms with Gasteiger partial charge in [0.15, 0.2) is 11.7 Å². The van der Waals surface area contributed by atoms with Crippen molar-refractivity contribution in [3.8, 4) is 5.06 Å². The molecule has 1 amide bonds. The van der Waals surface area contributed by atoms with Gasteiger partial charge in [0, 0.05) is 11.9 Å². The average Bonchev–Trinajstić information content (AvgIpc) is 2.70. The standard InChI is InChI=1S/C9H11NO2S.C2H6/c1-3-6-4-7-9(13-6)12-5-8(11)10(7)2;1-2/h4H,3,5H2,1-2H3;1-2H3. The molecule has 0 saturated heterocycles. The minimum absolute atomic E-state index is 0.0213. The number of likely N-dealkylation sites (N-methyl/N-ethyl adjacent to an activating group) is 1. The fraction of sp³-hybridized carbons (Fsp3) is 0.545. The maximum atomic E-state index is 11.3. The predicted molar refractivity (Wildman–Crippen MR) is 64.0 cm³/mol. The summed E-state index contributed by atoms with van der Waals surface area (Å²) < 4.78 is 5.32. The van der Waals surface area contributed by atoms with Crippen LogP contribution in [0.5, 0.6) is 5.06 Å². The van der Waals surface area contributed by atoms with Crippen LogP contribution < -0.4 is 9.64 Å². The summed E-state index contributed by atoms with van der Waals surface area (Å²) in [5.74, 6) is 0.0213. The quantitative estimate of drug-likeness (QED) is 0.738. The van der Waals surface area contributed by atoms with Crippen LogP contribution in [0.1, 0.15) is 25.6 Å². The van der Waals surface area contributed by atoms with Crippen LogP contribution in [0.2, 0.25) is 0 Å². The number of rotatable bonds is 1. The zero-order valence-electron chi connectivity index (χ0n) is 9.66. The highest BCUT2D eigenvalue weighted by atomic mass is 32.1. The van der Waals surface area contributed by atoms with Crippen LogP contribution in [-0.2, 0) is 11.2 Å². The molecule has 0 radical (unpaired) electrons. The molecule has 0 bridgehead atoms. The normalized spacial score (nSPS) is 13.9. The van der Waals surface area contributed by atoms with Gasteiger partial charge >= 0.3 is 0 Å². The number of carbonyl (C=O) groups is 1. The van der Waals surface area contributed by atoms with E-state index in [-0.39, 0.29) is 12.5 Å². The summed E-state index contributed by atoms with van der Waals surface area (Å²) in [6, 6.07) is 2.02. The fourth-order valence-corrected chi connectivity index (χ4v) is 2.25. The van der Waals surface area contributed by atoms with Gasteiger partial charge in [0.05, 0.1) is 5.69 Å². The van der Waals surface area contributed by atoms with Gasteiger partial charge in [-0.2, -0.15) is 0 Å². The van der Waals surface area contributed by atoms with E-state index >= 15 is 0 Å². The van der Waals surface area contributed by atoms with Gasteiger partial charge < -0.3 is 9.64 Å². The third-order valence-corrected chi connectivity index (χ3v) is 3.32. The Bertz CT molecular complexity index is 346. The minimum Gasteiger partial charge on any atom is -0.472 e. The molecule has 2 heterocycles. The van der Waals surface area contributed by atoms with Crippen molar-refractivity contribution < 1.29 is 9.53 Å². The van der Waals surface area contributed by atoms with Gasteiger partial charge in [-0.15, -0.1) is 11.3 Å². The van der Waals surface area contributed by atoms with Crippen molar-refractivity contribution in [1.29, 1.82) is 0 Å². The number of fused-ring (bicyclic) bond motifs is 1. The van der Waals surface area contributed by atoms with E-state index in [0.29, 0.717) is 0 Å². The van der Waals surface area contributed by atoms with Gasteiger partial charge in [0.2, 0.25) is 0 Å². The second kappa shape index (κ2) is 5.16. The van der Waals surface area contributed by atoms with Crippen molar-refractivity contribution in [2.45, 2.75) is 27.2 Å². The summed E-state index contributed by atoms with van der Waals surface area (Å²) in [6.07, 6.45) is 0.989. The summed E-state index contributed by atoms with van der Waals surface area (Å²) >= 11 is 1.62. The van der Waals surface area contributed by atoms with Gasteiger partial charge in [-0.3, -0.25) is 4.79 Å². The summed E-state index contributed by atoms with van der Waals surface area (Å²) in [6.45, 7) is 6.27. The van der Waals surface area contributed by atoms with Gasteiger partial charge in [-0.05, 0) is 12.5 Å². The molecule has 0 aromatic carbocycles. The van der Waals surface area contributed by atoms with Crippen LogP contribution in [0.15, 0.2) is 6.07 Å². The summed E-state index contributed by atoms with van der Waals surface area (Å²) in [7, 11) is 1.79. The second-order valence-corrected chi connectivity index (χ2v) is 4.08. The van der Waals surface area contributed by atoms with Crippen LogP contribution in [0, 0.1) is 0 Å². The van der Waals surface area contributed by atoms with E-state index in [0.717, 1.165) is 17.2 Å². The van der Waals surface area contributed by atoms with E-state index in [2.05, 4.69) is 6.92 Å². The molecular formula is C11H17NO2S. The van der Waals surface area contributed by atoms with Crippen LogP contribution in [0.25, 0.3) is 0 Å². The number of hydrogen-bond acceptors (Lipinski definition) is 3. The third-order valence-electron chi connectivity index (χ3n) is 2.14. The minimum atomic E-state index is 0.0213. The Hall–Kier alpha value is -1.03. The highest BCUT2D eigenvalue weighted by molar-refractivity contribution is 7.14. The highest BCUT2D eigenvalue weighted by Gasteiger charge is 2.24. The van der Waals surface area contributed by atoms with Crippen LogP contribution in [0.4, 0.5) is 5.69 Å². The molecule has 0 aliphatic carbocycles. The van der Waals surface area contributed by atoms with E-state index in [1.807, 2.05) is 19.9 Å². The number of thiophene rings is 1. The van der Waals surface area contributed by atoms with Crippen LogP contribution in [-0.4, -0.2) is 19.6 Å². The van der Waals surface area contributed by atoms with E-state index < -0.39 is 0 Å². The monoisotopic (exact) mass is 227 g/mol. The molecule has 1 aliphatic heterocycles. The Balaban J connectivity index is 0.000000531. The van der Waals surface area contributed by atoms with Gasteiger partial charge in [-0.25, -0.2) is 0 Å². The lowest BCUT2D eigenvalue weighted by atomic mass is 10.3. The number of nitrogens with zero attached hydrogens (tertiary/aromatic N) is 1. The van der Waals surface area contributed by atoms with E-state index in [4.69, 9.17) is 4.74 Å². The molecule has 0 N–H and O–H groups in total. The van der Waals surface area contributed by atoms with Gasteiger partial charge in [0.1, 0.15) is 0 Å². The number of hydrogen-bond donors (Lipinski definition) is 0. The number of ether oxygens (including phenoxy) is 1. The van der Waals surface area contributed by atoms with Gasteiger partial charge in [-0.1, -0.05) is 20.8 Å². The summed E-state index contributed by atoms with van der Waals surface area (Å²) in [4.78, 5) is 14.2. The Morgan fingerprint density at radius 3 is 2.80 bits per heavy atom. The predicted octanol–water partition coefficient (Wildman–Crippen LogP) is 2.69. The van der Waals surface area contributed by atoms with Crippen LogP contribution >= 0.6 is 11.3 Å². The number of anilines is 1. The van der Waals surface area contributed by atoms with Gasteiger partial charge in [0.25, 0.3) is 5.91 Å². The lowest BCUT2D eigenvalue weighted by molar-refractivity contribution is -0.120. The lowest BCUT2D eigenvalue weighted by Crippen LogP contribution is -2.34. The molecular weight excluding hydrogens is 210 g/mol. The molecule has 15 heavy (non-hydrogen) atoms. The SMILES string of the molecule is CC.CCc1cc2c(s1)OCC(=O)N2C. The molecule has 0 spiro atoms. The maximum absolute atomic E-state index is 11.3. The Morgan fingerprint density at radius 2 is 2.20 bits per heavy atom. The first-order valence-electron chi connectivity index (χ1n) is 5.24. The Labute approximate surface area is 94.7 Å². The van der Waals surface area contributed by atoms with Crippen molar-refractivity contribution in [2.24, 2.45) is 0 Å². The van der Waals surface area contributed by atoms with E-state index in [9.17, 15) is 4.79 Å². The van der Waals surface area contributed by atoms with Crippen molar-refractivity contribution in [2.75, 3.05) is 18.6 Å². The largest absolute Gasteiger partial charge is 0.472 e. The van der Waals surface area contributed by atoms with Crippen molar-refractivity contribution in [1.82, 2.24) is 0 Å². The first-order chi connectivity index (χ1) is 7.22. The smallest absolute Gasteiger partial charge is 0.264 e. The van der Waals surface area contributed by atoms with E-state index in [1.165, 1.54) is 4.88 Å². The maximum Gasteiger partial charge on any atom is 0.264 e. The van der Waals surface area contributed by atoms with Crippen molar-refractivity contribution >= 4 is 22.9 Å². The fourth-order valence-electron chi connectivity index (χ4n) is 1.28. The average molecular weight is 227 g/mol. The molecule has 0 fully saturated rings. The van der Waals surface area contributed by atoms with Crippen LogP contribution in [0.3, 0.4) is 0 Å². The second-order valence-electron chi connectivity index (χ2n) is 2.98. The zero-order chi connectivity index (χ0) is 11.4. The highest BCUT2D eigenvalue weighted by Crippen LogP contribution is 2.39. The zero-order valence-corrected chi connectivity index (χ0v) is 10.5. The molecule has 1 aromatic rings. The first-order valence-corrected chi connectivity index (χ1v) is 6.06. The van der Waals surface area contributed by atoms with Crippen molar-refractivity contribution in [3.63, 3.8) is 0 Å². The molecule has 0 saturated carbocycles. The summed E-state index contributed by atoms with van der Waals surface area (Å²) in [5, 5.41) is 0.874. The third kappa shape index (κ3) is 2.31. The number of aryl methyl sites for hydroxylation is 1. The lowest BCUT2D eigenvalue weighted by Gasteiger charge is -2.22. The molecule has 3 nitrogen and oxygen atoms in total. The molecule has 4 heteroatoms. The number of amides is 1. The Kier molecular flexibility index (Phi) is 4.15. The molecule has 0 unspecified atom stereocenters. The molecule has 1 aliphatic rings. The number of carbonyl (C=O) groups excluding carboxylic acids is 1. The summed E-state index contributed by atoms with van der Waals surface area (Å²) in [5.41, 5.74) is 0.915. The molecule has 1 aromatic heterocycles. The first kappa shape index (κ1) is 12.0. The topological polar surface area (TPSA) is 29.5 Å². The Morgan fingerprint density at radius 1 is 1.53 bits per heavy atom.